The molecule has 1 aliphatic rings. The van der Waals surface area contributed by atoms with E-state index in [2.05, 4.69) is 9.97 Å². The first-order chi connectivity index (χ1) is 6.84. The lowest BCUT2D eigenvalue weighted by Gasteiger charge is -2.14. The Balaban J connectivity index is 2.15. The Kier molecular flexibility index (Phi) is 3.11. The Bertz CT molecular complexity index is 344. The topological polar surface area (TPSA) is 35.0 Å². The average molecular weight is 211 g/mol. The molecule has 0 aromatic carbocycles. The molecule has 1 aromatic rings. The molecule has 1 fully saturated rings. The fraction of sp³-hybridized carbons (Fsp3) is 0.400. The third kappa shape index (κ3) is 2.53. The van der Waals surface area contributed by atoms with Crippen molar-refractivity contribution in [2.75, 3.05) is 13.2 Å². The number of ether oxygens (including phenoxy) is 1. The highest BCUT2D eigenvalue weighted by atomic mass is 35.5. The number of aromatic nitrogens is 2. The minimum absolute atomic E-state index is 0.436. The van der Waals surface area contributed by atoms with Gasteiger partial charge in [-0.05, 0) is 18.9 Å². The van der Waals surface area contributed by atoms with Gasteiger partial charge >= 0.3 is 0 Å². The van der Waals surface area contributed by atoms with Gasteiger partial charge in [-0.2, -0.15) is 0 Å². The zero-order valence-corrected chi connectivity index (χ0v) is 8.50. The molecular weight excluding hydrogens is 200 g/mol. The maximum absolute atomic E-state index is 5.73. The fourth-order valence-corrected chi connectivity index (χ4v) is 1.57. The maximum Gasteiger partial charge on any atom is 0.148 e. The summed E-state index contributed by atoms with van der Waals surface area (Å²) in [6.45, 7) is 1.61. The first-order valence-electron chi connectivity index (χ1n) is 4.59. The second-order valence-corrected chi connectivity index (χ2v) is 3.57. The van der Waals surface area contributed by atoms with Crippen molar-refractivity contribution in [2.24, 2.45) is 0 Å². The van der Waals surface area contributed by atoms with E-state index in [1.807, 2.05) is 6.08 Å². The van der Waals surface area contributed by atoms with E-state index in [1.54, 1.807) is 6.20 Å². The van der Waals surface area contributed by atoms with Gasteiger partial charge < -0.3 is 4.74 Å². The molecule has 0 atom stereocenters. The van der Waals surface area contributed by atoms with Gasteiger partial charge in [0.05, 0.1) is 31.3 Å². The molecule has 0 bridgehead atoms. The number of nitrogens with zero attached hydrogens (tertiary/aromatic N) is 2. The Morgan fingerprint density at radius 3 is 2.79 bits per heavy atom. The molecule has 1 aromatic heterocycles. The van der Waals surface area contributed by atoms with E-state index >= 15 is 0 Å². The number of halogens is 1. The Morgan fingerprint density at radius 2 is 2.07 bits per heavy atom. The quantitative estimate of drug-likeness (QED) is 0.714. The molecule has 0 unspecified atom stereocenters. The van der Waals surface area contributed by atoms with Crippen molar-refractivity contribution in [1.29, 1.82) is 0 Å². The number of hydrogen-bond donors (Lipinski definition) is 0. The zero-order chi connectivity index (χ0) is 9.80. The number of hydrogen-bond acceptors (Lipinski definition) is 3. The highest BCUT2D eigenvalue weighted by Gasteiger charge is 2.05. The SMILES string of the molecule is Clc1cncc(C=C2CCOCC2)n1. The van der Waals surface area contributed by atoms with E-state index in [0.29, 0.717) is 5.15 Å². The molecule has 0 saturated carbocycles. The monoisotopic (exact) mass is 210 g/mol. The minimum atomic E-state index is 0.436. The van der Waals surface area contributed by atoms with Crippen LogP contribution in [0.2, 0.25) is 5.15 Å². The van der Waals surface area contributed by atoms with Gasteiger partial charge in [0.1, 0.15) is 5.15 Å². The minimum Gasteiger partial charge on any atom is -0.381 e. The standard InChI is InChI=1S/C10H11ClN2O/c11-10-7-12-6-9(13-10)5-8-1-3-14-4-2-8/h5-7H,1-4H2. The molecule has 4 heteroatoms. The summed E-state index contributed by atoms with van der Waals surface area (Å²) < 4.78 is 5.26. The van der Waals surface area contributed by atoms with Crippen molar-refractivity contribution < 1.29 is 4.74 Å². The van der Waals surface area contributed by atoms with E-state index in [-0.39, 0.29) is 0 Å². The van der Waals surface area contributed by atoms with Crippen molar-refractivity contribution in [2.45, 2.75) is 12.8 Å². The summed E-state index contributed by atoms with van der Waals surface area (Å²) in [4.78, 5) is 8.13. The Morgan fingerprint density at radius 1 is 1.29 bits per heavy atom. The summed E-state index contributed by atoms with van der Waals surface area (Å²) in [7, 11) is 0. The lowest BCUT2D eigenvalue weighted by atomic mass is 10.1. The largest absolute Gasteiger partial charge is 0.381 e. The maximum atomic E-state index is 5.73. The van der Waals surface area contributed by atoms with Crippen LogP contribution in [0.3, 0.4) is 0 Å². The van der Waals surface area contributed by atoms with Gasteiger partial charge in [-0.1, -0.05) is 17.2 Å². The van der Waals surface area contributed by atoms with Crippen molar-refractivity contribution in [1.82, 2.24) is 9.97 Å². The molecule has 0 aliphatic carbocycles. The predicted molar refractivity (Wildman–Crippen MR) is 55.1 cm³/mol. The predicted octanol–water partition coefficient (Wildman–Crippen LogP) is 2.32. The summed E-state index contributed by atoms with van der Waals surface area (Å²) in [6, 6.07) is 0. The van der Waals surface area contributed by atoms with Crippen LogP contribution >= 0.6 is 11.6 Å². The van der Waals surface area contributed by atoms with Crippen LogP contribution < -0.4 is 0 Å². The van der Waals surface area contributed by atoms with Crippen LogP contribution in [-0.2, 0) is 4.74 Å². The van der Waals surface area contributed by atoms with Gasteiger partial charge in [-0.25, -0.2) is 4.98 Å². The Hall–Kier alpha value is -0.930. The smallest absolute Gasteiger partial charge is 0.148 e. The van der Waals surface area contributed by atoms with Gasteiger partial charge in [0.15, 0.2) is 0 Å². The molecule has 0 amide bonds. The summed E-state index contributed by atoms with van der Waals surface area (Å²) >= 11 is 5.73. The molecule has 2 rings (SSSR count). The highest BCUT2D eigenvalue weighted by Crippen LogP contribution is 2.16. The first kappa shape index (κ1) is 9.62. The van der Waals surface area contributed by atoms with Crippen molar-refractivity contribution in [3.63, 3.8) is 0 Å². The van der Waals surface area contributed by atoms with E-state index in [0.717, 1.165) is 31.7 Å². The van der Waals surface area contributed by atoms with Crippen LogP contribution in [0, 0.1) is 0 Å². The van der Waals surface area contributed by atoms with E-state index in [4.69, 9.17) is 16.3 Å². The molecule has 2 heterocycles. The normalized spacial score (nSPS) is 16.8. The van der Waals surface area contributed by atoms with Crippen LogP contribution in [0.15, 0.2) is 18.0 Å². The summed E-state index contributed by atoms with van der Waals surface area (Å²) in [5.74, 6) is 0. The zero-order valence-electron chi connectivity index (χ0n) is 7.74. The van der Waals surface area contributed by atoms with Gasteiger partial charge in [0, 0.05) is 0 Å². The molecular formula is C10H11ClN2O. The molecule has 0 spiro atoms. The molecule has 74 valence electrons. The van der Waals surface area contributed by atoms with Crippen LogP contribution in [0.25, 0.3) is 6.08 Å². The lowest BCUT2D eigenvalue weighted by Crippen LogP contribution is -2.07. The Labute approximate surface area is 87.8 Å². The van der Waals surface area contributed by atoms with Gasteiger partial charge in [-0.15, -0.1) is 0 Å². The second kappa shape index (κ2) is 4.53. The molecule has 1 aliphatic heterocycles. The van der Waals surface area contributed by atoms with Crippen molar-refractivity contribution in [3.8, 4) is 0 Å². The molecule has 0 radical (unpaired) electrons. The molecule has 14 heavy (non-hydrogen) atoms. The van der Waals surface area contributed by atoms with Gasteiger partial charge in [0.2, 0.25) is 0 Å². The van der Waals surface area contributed by atoms with Crippen LogP contribution in [0.5, 0.6) is 0 Å². The van der Waals surface area contributed by atoms with Crippen LogP contribution in [0.4, 0.5) is 0 Å². The first-order valence-corrected chi connectivity index (χ1v) is 4.97. The van der Waals surface area contributed by atoms with E-state index < -0.39 is 0 Å². The van der Waals surface area contributed by atoms with Crippen LogP contribution in [0.1, 0.15) is 18.5 Å². The molecule has 3 nitrogen and oxygen atoms in total. The third-order valence-corrected chi connectivity index (χ3v) is 2.29. The second-order valence-electron chi connectivity index (χ2n) is 3.18. The molecule has 0 N–H and O–H groups in total. The van der Waals surface area contributed by atoms with Gasteiger partial charge in [0.25, 0.3) is 0 Å². The van der Waals surface area contributed by atoms with E-state index in [1.165, 1.54) is 11.8 Å². The van der Waals surface area contributed by atoms with Crippen molar-refractivity contribution >= 4 is 17.7 Å². The van der Waals surface area contributed by atoms with E-state index in [9.17, 15) is 0 Å². The highest BCUT2D eigenvalue weighted by molar-refractivity contribution is 6.29. The average Bonchev–Trinajstić information content (AvgIpc) is 2.19. The summed E-state index contributed by atoms with van der Waals surface area (Å²) in [5, 5.41) is 0.436. The number of rotatable bonds is 1. The lowest BCUT2D eigenvalue weighted by molar-refractivity contribution is 0.119. The third-order valence-electron chi connectivity index (χ3n) is 2.11. The summed E-state index contributed by atoms with van der Waals surface area (Å²) in [5.41, 5.74) is 2.18. The summed E-state index contributed by atoms with van der Waals surface area (Å²) in [6.07, 6.45) is 7.26. The van der Waals surface area contributed by atoms with Gasteiger partial charge in [-0.3, -0.25) is 4.98 Å². The molecule has 1 saturated heterocycles. The van der Waals surface area contributed by atoms with Crippen LogP contribution in [-0.4, -0.2) is 23.2 Å². The fourth-order valence-electron chi connectivity index (χ4n) is 1.41. The van der Waals surface area contributed by atoms with Crippen molar-refractivity contribution in [3.05, 3.63) is 28.8 Å².